The first-order valence-corrected chi connectivity index (χ1v) is 7.76. The van der Waals surface area contributed by atoms with Gasteiger partial charge in [-0.25, -0.2) is 9.97 Å². The molecule has 3 aromatic rings. The van der Waals surface area contributed by atoms with Crippen LogP contribution in [0.1, 0.15) is 22.6 Å². The summed E-state index contributed by atoms with van der Waals surface area (Å²) >= 11 is 0. The second kappa shape index (κ2) is 5.89. The number of nitrogens with one attached hydrogen (secondary N) is 1. The number of pyridine rings is 1. The third kappa shape index (κ3) is 2.98. The molecule has 0 atom stereocenters. The summed E-state index contributed by atoms with van der Waals surface area (Å²) in [6, 6.07) is 5.99. The van der Waals surface area contributed by atoms with E-state index in [1.54, 1.807) is 12.4 Å². The molecule has 0 fully saturated rings. The molecular formula is C17H18N6. The van der Waals surface area contributed by atoms with Crippen molar-refractivity contribution in [2.75, 3.05) is 6.54 Å². The highest BCUT2D eigenvalue weighted by Crippen LogP contribution is 2.21. The number of rotatable bonds is 3. The second-order valence-corrected chi connectivity index (χ2v) is 5.91. The van der Waals surface area contributed by atoms with Crippen molar-refractivity contribution in [3.63, 3.8) is 0 Å². The van der Waals surface area contributed by atoms with Crippen LogP contribution in [0.4, 0.5) is 0 Å². The Balaban J connectivity index is 1.52. The number of hydrogen-bond donors (Lipinski definition) is 1. The molecule has 116 valence electrons. The van der Waals surface area contributed by atoms with Gasteiger partial charge in [-0.3, -0.25) is 15.0 Å². The standard InChI is InChI=1S/C17H18N6/c1-12-7-15(22-21-12)11-23-6-4-16-14(10-23)9-19-17(20-16)13-3-2-5-18-8-13/h2-3,5,7-9H,4,6,10-11H2,1H3,(H,21,22). The van der Waals surface area contributed by atoms with Crippen LogP contribution in [0.25, 0.3) is 11.4 Å². The zero-order valence-electron chi connectivity index (χ0n) is 13.0. The van der Waals surface area contributed by atoms with E-state index in [1.165, 1.54) is 5.56 Å². The molecule has 0 bridgehead atoms. The molecular weight excluding hydrogens is 288 g/mol. The van der Waals surface area contributed by atoms with Gasteiger partial charge in [-0.15, -0.1) is 0 Å². The maximum atomic E-state index is 4.73. The Morgan fingerprint density at radius 2 is 2.26 bits per heavy atom. The molecule has 0 unspecified atom stereocenters. The Bertz CT molecular complexity index is 811. The zero-order chi connectivity index (χ0) is 15.6. The minimum Gasteiger partial charge on any atom is -0.293 e. The maximum Gasteiger partial charge on any atom is 0.160 e. The van der Waals surface area contributed by atoms with E-state index >= 15 is 0 Å². The Hall–Kier alpha value is -2.60. The van der Waals surface area contributed by atoms with Gasteiger partial charge in [0.05, 0.1) is 11.4 Å². The minimum absolute atomic E-state index is 0.758. The molecule has 3 aromatic heterocycles. The lowest BCUT2D eigenvalue weighted by molar-refractivity contribution is 0.240. The van der Waals surface area contributed by atoms with Crippen molar-refractivity contribution in [2.45, 2.75) is 26.4 Å². The Labute approximate surface area is 134 Å². The minimum atomic E-state index is 0.758. The number of aromatic nitrogens is 5. The van der Waals surface area contributed by atoms with Gasteiger partial charge in [-0.05, 0) is 25.1 Å². The van der Waals surface area contributed by atoms with Crippen LogP contribution in [-0.4, -0.2) is 36.6 Å². The number of H-pyrrole nitrogens is 1. The van der Waals surface area contributed by atoms with Crippen molar-refractivity contribution in [1.29, 1.82) is 0 Å². The highest BCUT2D eigenvalue weighted by atomic mass is 15.2. The van der Waals surface area contributed by atoms with E-state index in [0.29, 0.717) is 0 Å². The lowest BCUT2D eigenvalue weighted by Gasteiger charge is -2.27. The Morgan fingerprint density at radius 1 is 1.30 bits per heavy atom. The molecule has 6 nitrogen and oxygen atoms in total. The van der Waals surface area contributed by atoms with Gasteiger partial charge in [0.1, 0.15) is 0 Å². The van der Waals surface area contributed by atoms with E-state index in [-0.39, 0.29) is 0 Å². The normalized spacial score (nSPS) is 14.7. The SMILES string of the molecule is Cc1cc(CN2CCc3nc(-c4cccnc4)ncc3C2)n[nH]1. The van der Waals surface area contributed by atoms with E-state index < -0.39 is 0 Å². The molecule has 0 aromatic carbocycles. The van der Waals surface area contributed by atoms with E-state index in [4.69, 9.17) is 4.98 Å². The van der Waals surface area contributed by atoms with E-state index in [1.807, 2.05) is 25.3 Å². The van der Waals surface area contributed by atoms with Gasteiger partial charge in [0.2, 0.25) is 0 Å². The summed E-state index contributed by atoms with van der Waals surface area (Å²) in [6.45, 7) is 4.74. The largest absolute Gasteiger partial charge is 0.293 e. The zero-order valence-corrected chi connectivity index (χ0v) is 13.0. The van der Waals surface area contributed by atoms with E-state index in [2.05, 4.69) is 31.1 Å². The summed E-state index contributed by atoms with van der Waals surface area (Å²) in [5.41, 5.74) is 5.50. The molecule has 23 heavy (non-hydrogen) atoms. The number of aryl methyl sites for hydroxylation is 1. The van der Waals surface area contributed by atoms with Crippen LogP contribution in [0.15, 0.2) is 36.8 Å². The van der Waals surface area contributed by atoms with Gasteiger partial charge >= 0.3 is 0 Å². The lowest BCUT2D eigenvalue weighted by atomic mass is 10.1. The van der Waals surface area contributed by atoms with Crippen LogP contribution in [0.5, 0.6) is 0 Å². The summed E-state index contributed by atoms with van der Waals surface area (Å²) in [5, 5.41) is 7.31. The number of nitrogens with zero attached hydrogens (tertiary/aromatic N) is 5. The van der Waals surface area contributed by atoms with Crippen molar-refractivity contribution >= 4 is 0 Å². The number of aromatic amines is 1. The van der Waals surface area contributed by atoms with Crippen molar-refractivity contribution in [3.8, 4) is 11.4 Å². The molecule has 1 N–H and O–H groups in total. The van der Waals surface area contributed by atoms with E-state index in [9.17, 15) is 0 Å². The monoisotopic (exact) mass is 306 g/mol. The summed E-state index contributed by atoms with van der Waals surface area (Å²) < 4.78 is 0. The molecule has 0 aliphatic carbocycles. The summed E-state index contributed by atoms with van der Waals surface area (Å²) in [7, 11) is 0. The fourth-order valence-corrected chi connectivity index (χ4v) is 2.93. The fourth-order valence-electron chi connectivity index (χ4n) is 2.93. The number of fused-ring (bicyclic) bond motifs is 1. The summed E-state index contributed by atoms with van der Waals surface area (Å²) in [6.07, 6.45) is 6.45. The van der Waals surface area contributed by atoms with Gasteiger partial charge in [-0.1, -0.05) is 0 Å². The van der Waals surface area contributed by atoms with Gasteiger partial charge < -0.3 is 0 Å². The van der Waals surface area contributed by atoms with Gasteiger partial charge in [0.25, 0.3) is 0 Å². The second-order valence-electron chi connectivity index (χ2n) is 5.91. The Morgan fingerprint density at radius 3 is 3.04 bits per heavy atom. The van der Waals surface area contributed by atoms with Crippen LogP contribution in [0, 0.1) is 6.92 Å². The molecule has 0 spiro atoms. The van der Waals surface area contributed by atoms with E-state index in [0.717, 1.165) is 54.5 Å². The van der Waals surface area contributed by atoms with Gasteiger partial charge in [0, 0.05) is 61.5 Å². The summed E-state index contributed by atoms with van der Waals surface area (Å²) in [4.78, 5) is 15.8. The molecule has 6 heteroatoms. The molecule has 4 rings (SSSR count). The van der Waals surface area contributed by atoms with Crippen molar-refractivity contribution in [1.82, 2.24) is 30.0 Å². The average molecular weight is 306 g/mol. The topological polar surface area (TPSA) is 70.6 Å². The third-order valence-corrected chi connectivity index (χ3v) is 4.08. The van der Waals surface area contributed by atoms with Crippen LogP contribution in [-0.2, 0) is 19.5 Å². The fraction of sp³-hybridized carbons (Fsp3) is 0.294. The molecule has 4 heterocycles. The summed E-state index contributed by atoms with van der Waals surface area (Å²) in [5.74, 6) is 0.758. The first-order chi connectivity index (χ1) is 11.3. The molecule has 0 saturated carbocycles. The molecule has 0 saturated heterocycles. The van der Waals surface area contributed by atoms with Crippen molar-refractivity contribution in [3.05, 3.63) is 59.4 Å². The van der Waals surface area contributed by atoms with Gasteiger partial charge in [0.15, 0.2) is 5.82 Å². The lowest BCUT2D eigenvalue weighted by Crippen LogP contribution is -2.31. The first-order valence-electron chi connectivity index (χ1n) is 7.76. The predicted molar refractivity (Wildman–Crippen MR) is 86.4 cm³/mol. The maximum absolute atomic E-state index is 4.73. The Kier molecular flexibility index (Phi) is 3.59. The van der Waals surface area contributed by atoms with Gasteiger partial charge in [-0.2, -0.15) is 5.10 Å². The highest BCUT2D eigenvalue weighted by Gasteiger charge is 2.19. The van der Waals surface area contributed by atoms with Crippen LogP contribution in [0.2, 0.25) is 0 Å². The molecule has 1 aliphatic rings. The third-order valence-electron chi connectivity index (χ3n) is 4.08. The molecule has 0 amide bonds. The first kappa shape index (κ1) is 14.0. The smallest absolute Gasteiger partial charge is 0.160 e. The van der Waals surface area contributed by atoms with Crippen LogP contribution in [0.3, 0.4) is 0 Å². The van der Waals surface area contributed by atoms with Crippen LogP contribution >= 0.6 is 0 Å². The predicted octanol–water partition coefficient (Wildman–Crippen LogP) is 2.13. The quantitative estimate of drug-likeness (QED) is 0.802. The number of hydrogen-bond acceptors (Lipinski definition) is 5. The van der Waals surface area contributed by atoms with Crippen molar-refractivity contribution in [2.24, 2.45) is 0 Å². The van der Waals surface area contributed by atoms with Crippen LogP contribution < -0.4 is 0 Å². The highest BCUT2D eigenvalue weighted by molar-refractivity contribution is 5.53. The average Bonchev–Trinajstić information content (AvgIpc) is 3.00. The molecule has 1 aliphatic heterocycles. The van der Waals surface area contributed by atoms with Crippen molar-refractivity contribution < 1.29 is 0 Å². The molecule has 0 radical (unpaired) electrons.